The molecule has 1 unspecified atom stereocenters. The number of nitrogens with two attached hydrogens (primary N) is 1. The van der Waals surface area contributed by atoms with Crippen LogP contribution in [0.4, 0.5) is 0 Å². The van der Waals surface area contributed by atoms with E-state index in [1.54, 1.807) is 0 Å². The largest absolute Gasteiger partial charge is 0.321 e. The van der Waals surface area contributed by atoms with Gasteiger partial charge in [0, 0.05) is 5.54 Å². The van der Waals surface area contributed by atoms with Gasteiger partial charge in [0.1, 0.15) is 0 Å². The van der Waals surface area contributed by atoms with Crippen molar-refractivity contribution in [3.63, 3.8) is 0 Å². The Balaban J connectivity index is 2.60. The van der Waals surface area contributed by atoms with Gasteiger partial charge >= 0.3 is 0 Å². The Morgan fingerprint density at radius 2 is 2.23 bits per heavy atom. The van der Waals surface area contributed by atoms with Crippen molar-refractivity contribution in [3.8, 4) is 0 Å². The molecule has 0 bridgehead atoms. The van der Waals surface area contributed by atoms with Gasteiger partial charge in [0.25, 0.3) is 0 Å². The Hall–Kier alpha value is -1.08. The molecule has 0 aromatic rings. The molecule has 1 aliphatic carbocycles. The third-order valence-electron chi connectivity index (χ3n) is 2.28. The third kappa shape index (κ3) is 2.71. The highest BCUT2D eigenvalue weighted by molar-refractivity contribution is 5.30. The van der Waals surface area contributed by atoms with Gasteiger partial charge in [0.2, 0.25) is 0 Å². The van der Waals surface area contributed by atoms with Crippen LogP contribution in [0.3, 0.4) is 0 Å². The van der Waals surface area contributed by atoms with Crippen LogP contribution < -0.4 is 5.73 Å². The maximum Gasteiger partial charge on any atom is 0.0412 e. The summed E-state index contributed by atoms with van der Waals surface area (Å²) in [5, 5.41) is 0. The molecule has 0 heterocycles. The van der Waals surface area contributed by atoms with E-state index in [9.17, 15) is 0 Å². The summed E-state index contributed by atoms with van der Waals surface area (Å²) < 4.78 is 0. The molecular weight excluding hydrogens is 158 g/mol. The summed E-state index contributed by atoms with van der Waals surface area (Å²) >= 11 is 0. The zero-order valence-electron chi connectivity index (χ0n) is 8.00. The molecule has 1 atom stereocenters. The number of hydrogen-bond acceptors (Lipinski definition) is 1. The summed E-state index contributed by atoms with van der Waals surface area (Å²) in [6, 6.07) is 0. The van der Waals surface area contributed by atoms with E-state index in [-0.39, 0.29) is 5.54 Å². The smallest absolute Gasteiger partial charge is 0.0412 e. The topological polar surface area (TPSA) is 26.0 Å². The number of rotatable bonds is 4. The summed E-state index contributed by atoms with van der Waals surface area (Å²) in [6.45, 7) is 7.41. The number of allylic oxidation sites excluding steroid dienone is 3. The van der Waals surface area contributed by atoms with Crippen molar-refractivity contribution in [2.24, 2.45) is 5.73 Å². The van der Waals surface area contributed by atoms with E-state index in [0.29, 0.717) is 0 Å². The highest BCUT2D eigenvalue weighted by Crippen LogP contribution is 2.23. The molecule has 0 fully saturated rings. The Labute approximate surface area is 80.3 Å². The summed E-state index contributed by atoms with van der Waals surface area (Å²) in [4.78, 5) is 0. The van der Waals surface area contributed by atoms with Crippen molar-refractivity contribution in [2.45, 2.75) is 24.8 Å². The molecule has 0 spiro atoms. The van der Waals surface area contributed by atoms with Gasteiger partial charge in [-0.25, -0.2) is 0 Å². The average molecular weight is 175 g/mol. The van der Waals surface area contributed by atoms with Crippen LogP contribution in [0.1, 0.15) is 19.3 Å². The van der Waals surface area contributed by atoms with Gasteiger partial charge in [-0.1, -0.05) is 30.4 Å². The molecule has 0 aromatic heterocycles. The molecule has 13 heavy (non-hydrogen) atoms. The third-order valence-corrected chi connectivity index (χ3v) is 2.28. The molecule has 1 heteroatoms. The van der Waals surface area contributed by atoms with Crippen molar-refractivity contribution < 1.29 is 0 Å². The molecule has 2 N–H and O–H groups in total. The van der Waals surface area contributed by atoms with E-state index < -0.39 is 0 Å². The first-order valence-corrected chi connectivity index (χ1v) is 4.59. The van der Waals surface area contributed by atoms with Crippen LogP contribution in [-0.4, -0.2) is 5.54 Å². The predicted octanol–water partition coefficient (Wildman–Crippen LogP) is 2.72. The molecule has 1 nitrogen and oxygen atoms in total. The Morgan fingerprint density at radius 1 is 1.46 bits per heavy atom. The molecule has 0 amide bonds. The molecule has 0 saturated heterocycles. The first-order valence-electron chi connectivity index (χ1n) is 4.59. The lowest BCUT2D eigenvalue weighted by Crippen LogP contribution is -2.37. The van der Waals surface area contributed by atoms with Gasteiger partial charge in [-0.3, -0.25) is 0 Å². The van der Waals surface area contributed by atoms with Gasteiger partial charge in [-0.15, -0.1) is 13.2 Å². The molecule has 70 valence electrons. The monoisotopic (exact) mass is 175 g/mol. The first kappa shape index (κ1) is 10.0. The molecule has 0 radical (unpaired) electrons. The van der Waals surface area contributed by atoms with Crippen molar-refractivity contribution in [1.82, 2.24) is 0 Å². The van der Waals surface area contributed by atoms with Crippen molar-refractivity contribution in [1.29, 1.82) is 0 Å². The van der Waals surface area contributed by atoms with E-state index in [1.807, 2.05) is 12.2 Å². The summed E-state index contributed by atoms with van der Waals surface area (Å²) in [5.41, 5.74) is 7.20. The lowest BCUT2D eigenvalue weighted by Gasteiger charge is -2.26. The normalized spacial score (nSPS) is 26.7. The summed E-state index contributed by atoms with van der Waals surface area (Å²) in [5.74, 6) is 0. The average Bonchev–Trinajstić information content (AvgIpc) is 2.10. The zero-order valence-corrected chi connectivity index (χ0v) is 8.00. The lowest BCUT2D eigenvalue weighted by atomic mass is 9.86. The molecule has 1 rings (SSSR count). The van der Waals surface area contributed by atoms with Crippen LogP contribution >= 0.6 is 0 Å². The maximum atomic E-state index is 6.10. The van der Waals surface area contributed by atoms with Crippen LogP contribution in [-0.2, 0) is 0 Å². The fourth-order valence-electron chi connectivity index (χ4n) is 1.47. The van der Waals surface area contributed by atoms with E-state index >= 15 is 0 Å². The van der Waals surface area contributed by atoms with Crippen molar-refractivity contribution >= 4 is 0 Å². The molecule has 0 saturated carbocycles. The lowest BCUT2D eigenvalue weighted by molar-refractivity contribution is 0.536. The highest BCUT2D eigenvalue weighted by Gasteiger charge is 2.20. The molecule has 0 aliphatic heterocycles. The van der Waals surface area contributed by atoms with Gasteiger partial charge in [-0.05, 0) is 24.8 Å². The van der Waals surface area contributed by atoms with E-state index in [1.165, 1.54) is 5.57 Å². The second-order valence-electron chi connectivity index (χ2n) is 3.54. The SMILES string of the molecule is C=CCC1=CCC(N)(CC=C)C=C1. The first-order chi connectivity index (χ1) is 6.20. The van der Waals surface area contributed by atoms with Crippen molar-refractivity contribution in [3.05, 3.63) is 49.1 Å². The van der Waals surface area contributed by atoms with Crippen LogP contribution in [0.2, 0.25) is 0 Å². The second-order valence-corrected chi connectivity index (χ2v) is 3.54. The Bertz CT molecular complexity index is 260. The van der Waals surface area contributed by atoms with E-state index in [4.69, 9.17) is 5.73 Å². The quantitative estimate of drug-likeness (QED) is 0.653. The van der Waals surface area contributed by atoms with Gasteiger partial charge in [0.05, 0.1) is 0 Å². The molecule has 0 aromatic carbocycles. The Morgan fingerprint density at radius 3 is 2.69 bits per heavy atom. The van der Waals surface area contributed by atoms with Crippen LogP contribution in [0.25, 0.3) is 0 Å². The minimum Gasteiger partial charge on any atom is -0.321 e. The zero-order chi connectivity index (χ0) is 9.73. The Kier molecular flexibility index (Phi) is 3.26. The van der Waals surface area contributed by atoms with Crippen LogP contribution in [0.15, 0.2) is 49.1 Å². The highest BCUT2D eigenvalue weighted by atomic mass is 14.7. The second kappa shape index (κ2) is 4.24. The fraction of sp³-hybridized carbons (Fsp3) is 0.333. The van der Waals surface area contributed by atoms with Gasteiger partial charge in [0.15, 0.2) is 0 Å². The van der Waals surface area contributed by atoms with Gasteiger partial charge < -0.3 is 5.73 Å². The predicted molar refractivity (Wildman–Crippen MR) is 58.4 cm³/mol. The van der Waals surface area contributed by atoms with Crippen LogP contribution in [0.5, 0.6) is 0 Å². The molecule has 1 aliphatic rings. The van der Waals surface area contributed by atoms with Gasteiger partial charge in [-0.2, -0.15) is 0 Å². The molecular formula is C12H17N. The standard InChI is InChI=1S/C12H17N/c1-3-5-11-6-9-12(13,8-4-2)10-7-11/h3-4,6-7,9H,1-2,5,8,10,13H2. The maximum absolute atomic E-state index is 6.10. The number of hydrogen-bond donors (Lipinski definition) is 1. The van der Waals surface area contributed by atoms with E-state index in [2.05, 4.69) is 31.4 Å². The summed E-state index contributed by atoms with van der Waals surface area (Å²) in [6.07, 6.45) is 12.8. The summed E-state index contributed by atoms with van der Waals surface area (Å²) in [7, 11) is 0. The minimum absolute atomic E-state index is 0.202. The van der Waals surface area contributed by atoms with Crippen molar-refractivity contribution in [2.75, 3.05) is 0 Å². The fourth-order valence-corrected chi connectivity index (χ4v) is 1.47. The van der Waals surface area contributed by atoms with E-state index in [0.717, 1.165) is 19.3 Å². The van der Waals surface area contributed by atoms with Crippen LogP contribution in [0, 0.1) is 0 Å². The minimum atomic E-state index is -0.202.